The third kappa shape index (κ3) is 6.30. The number of nitrogens with one attached hydrogen (secondary N) is 2. The van der Waals surface area contributed by atoms with Crippen LogP contribution in [0.3, 0.4) is 0 Å². The highest BCUT2D eigenvalue weighted by Gasteiger charge is 2.24. The summed E-state index contributed by atoms with van der Waals surface area (Å²) >= 11 is 0. The van der Waals surface area contributed by atoms with Gasteiger partial charge in [-0.25, -0.2) is 9.78 Å². The molecule has 1 aromatic carbocycles. The third-order valence-electron chi connectivity index (χ3n) is 5.09. The van der Waals surface area contributed by atoms with Gasteiger partial charge in [-0.05, 0) is 29.7 Å². The molecule has 1 atom stereocenters. The Labute approximate surface area is 193 Å². The zero-order valence-electron chi connectivity index (χ0n) is 19.5. The average molecular weight is 455 g/mol. The summed E-state index contributed by atoms with van der Waals surface area (Å²) in [7, 11) is 3.13. The third-order valence-corrected chi connectivity index (χ3v) is 5.09. The number of benzene rings is 1. The highest BCUT2D eigenvalue weighted by Crippen LogP contribution is 2.26. The summed E-state index contributed by atoms with van der Waals surface area (Å²) in [5.74, 6) is 0.127. The smallest absolute Gasteiger partial charge is 0.409 e. The summed E-state index contributed by atoms with van der Waals surface area (Å²) in [4.78, 5) is 28.3. The van der Waals surface area contributed by atoms with Crippen molar-refractivity contribution < 1.29 is 23.8 Å². The van der Waals surface area contributed by atoms with Crippen LogP contribution in [0.25, 0.3) is 16.9 Å². The van der Waals surface area contributed by atoms with Gasteiger partial charge in [0.15, 0.2) is 0 Å². The fourth-order valence-electron chi connectivity index (χ4n) is 3.28. The maximum atomic E-state index is 12.4. The Bertz CT molecular complexity index is 1120. The van der Waals surface area contributed by atoms with E-state index in [0.29, 0.717) is 23.7 Å². The molecule has 0 aliphatic rings. The minimum absolute atomic E-state index is 0.0734. The molecule has 0 spiro atoms. The number of carbonyl (C=O) groups excluding carboxylic acids is 2. The first-order valence-corrected chi connectivity index (χ1v) is 10.6. The van der Waals surface area contributed by atoms with E-state index in [1.807, 2.05) is 22.6 Å². The molecule has 2 aromatic heterocycles. The number of ether oxygens (including phenoxy) is 3. The van der Waals surface area contributed by atoms with Crippen LogP contribution in [0, 0.1) is 5.41 Å². The van der Waals surface area contributed by atoms with Crippen LogP contribution in [0.15, 0.2) is 48.8 Å². The van der Waals surface area contributed by atoms with Gasteiger partial charge in [-0.2, -0.15) is 0 Å². The number of amides is 2. The lowest BCUT2D eigenvalue weighted by Crippen LogP contribution is -2.34. The molecule has 0 bridgehead atoms. The Hall–Kier alpha value is -3.43. The van der Waals surface area contributed by atoms with Crippen LogP contribution in [0.1, 0.15) is 20.8 Å². The minimum Gasteiger partial charge on any atom is -0.409 e. The number of methoxy groups -OCH3 is 1. The van der Waals surface area contributed by atoms with E-state index in [2.05, 4.69) is 36.4 Å². The molecule has 1 unspecified atom stereocenters. The number of rotatable bonds is 8. The van der Waals surface area contributed by atoms with E-state index in [1.165, 1.54) is 7.05 Å². The van der Waals surface area contributed by atoms with Gasteiger partial charge in [0.2, 0.25) is 5.91 Å². The van der Waals surface area contributed by atoms with E-state index in [-0.39, 0.29) is 24.0 Å². The molecule has 0 saturated carbocycles. The molecular weight excluding hydrogens is 424 g/mol. The number of carbonyl (C=O) groups is 2. The van der Waals surface area contributed by atoms with Crippen molar-refractivity contribution in [3.05, 3.63) is 48.8 Å². The Kier molecular flexibility index (Phi) is 7.67. The van der Waals surface area contributed by atoms with Crippen LogP contribution >= 0.6 is 0 Å². The molecule has 0 saturated heterocycles. The van der Waals surface area contributed by atoms with Crippen molar-refractivity contribution in [1.82, 2.24) is 14.7 Å². The average Bonchev–Trinajstić information content (AvgIpc) is 3.19. The molecule has 3 rings (SSSR count). The van der Waals surface area contributed by atoms with Crippen LogP contribution in [0.2, 0.25) is 0 Å². The first kappa shape index (κ1) is 24.2. The highest BCUT2D eigenvalue weighted by molar-refractivity contribution is 5.92. The van der Waals surface area contributed by atoms with Gasteiger partial charge in [0.1, 0.15) is 18.0 Å². The number of hydrogen-bond donors (Lipinski definition) is 2. The molecule has 2 N–H and O–H groups in total. The van der Waals surface area contributed by atoms with Crippen molar-refractivity contribution in [2.75, 3.05) is 32.7 Å². The minimum atomic E-state index is -0.553. The first-order chi connectivity index (χ1) is 15.7. The van der Waals surface area contributed by atoms with Crippen LogP contribution in [0.4, 0.5) is 10.5 Å². The van der Waals surface area contributed by atoms with Crippen LogP contribution in [0.5, 0.6) is 5.75 Å². The molecule has 2 amide bonds. The number of aromatic nitrogens is 2. The van der Waals surface area contributed by atoms with E-state index in [1.54, 1.807) is 37.7 Å². The Balaban J connectivity index is 1.69. The monoisotopic (exact) mass is 454 g/mol. The van der Waals surface area contributed by atoms with Crippen LogP contribution < -0.4 is 15.4 Å². The maximum absolute atomic E-state index is 12.4. The van der Waals surface area contributed by atoms with Crippen molar-refractivity contribution in [2.24, 2.45) is 5.41 Å². The molecule has 0 radical (unpaired) electrons. The number of pyridine rings is 1. The summed E-state index contributed by atoms with van der Waals surface area (Å²) < 4.78 is 18.0. The second kappa shape index (κ2) is 10.5. The molecule has 9 heteroatoms. The van der Waals surface area contributed by atoms with Gasteiger partial charge >= 0.3 is 6.09 Å². The molecule has 0 fully saturated rings. The SMILES string of the molecule is CNC(=O)Oc1ccc2ncc(-c3cccc(NC(=O)COCC(OC)C(C)(C)C)c3)n2c1. The molecule has 0 aliphatic heterocycles. The standard InChI is InChI=1S/C24H30N4O5/c1-24(2,3)20(31-5)14-32-15-22(29)27-17-8-6-7-16(11-17)19-12-26-21-10-9-18(13-28(19)21)33-23(30)25-4/h6-13,20H,14-15H2,1-5H3,(H,25,30)(H,27,29). The number of imidazole rings is 1. The predicted octanol–water partition coefficient (Wildman–Crippen LogP) is 3.74. The zero-order chi connectivity index (χ0) is 24.0. The second-order valence-corrected chi connectivity index (χ2v) is 8.61. The number of nitrogens with zero attached hydrogens (tertiary/aromatic N) is 2. The number of anilines is 1. The summed E-state index contributed by atoms with van der Waals surface area (Å²) in [5, 5.41) is 5.27. The molecule has 9 nitrogen and oxygen atoms in total. The van der Waals surface area contributed by atoms with Crippen molar-refractivity contribution in [3.8, 4) is 17.0 Å². The zero-order valence-corrected chi connectivity index (χ0v) is 19.5. The van der Waals surface area contributed by atoms with E-state index in [9.17, 15) is 9.59 Å². The first-order valence-electron chi connectivity index (χ1n) is 10.6. The normalized spacial score (nSPS) is 12.4. The Morgan fingerprint density at radius 3 is 2.67 bits per heavy atom. The van der Waals surface area contributed by atoms with Crippen molar-refractivity contribution >= 4 is 23.3 Å². The molecule has 176 valence electrons. The molecule has 3 aromatic rings. The van der Waals surface area contributed by atoms with Gasteiger partial charge in [-0.1, -0.05) is 32.9 Å². The van der Waals surface area contributed by atoms with E-state index < -0.39 is 6.09 Å². The predicted molar refractivity (Wildman–Crippen MR) is 125 cm³/mol. The van der Waals surface area contributed by atoms with Crippen molar-refractivity contribution in [3.63, 3.8) is 0 Å². The molecule has 2 heterocycles. The molecule has 0 aliphatic carbocycles. The number of fused-ring (bicyclic) bond motifs is 1. The molecule has 33 heavy (non-hydrogen) atoms. The lowest BCUT2D eigenvalue weighted by atomic mass is 9.89. The van der Waals surface area contributed by atoms with Crippen LogP contribution in [-0.4, -0.2) is 54.9 Å². The van der Waals surface area contributed by atoms with Gasteiger partial charge in [-0.3, -0.25) is 9.20 Å². The van der Waals surface area contributed by atoms with E-state index >= 15 is 0 Å². The topological polar surface area (TPSA) is 103 Å². The Morgan fingerprint density at radius 2 is 1.97 bits per heavy atom. The fourth-order valence-corrected chi connectivity index (χ4v) is 3.28. The molecular formula is C24H30N4O5. The maximum Gasteiger partial charge on any atom is 0.412 e. The van der Waals surface area contributed by atoms with E-state index in [0.717, 1.165) is 11.3 Å². The van der Waals surface area contributed by atoms with Gasteiger partial charge < -0.3 is 24.8 Å². The fraction of sp³-hybridized carbons (Fsp3) is 0.375. The second-order valence-electron chi connectivity index (χ2n) is 8.61. The van der Waals surface area contributed by atoms with Crippen molar-refractivity contribution in [2.45, 2.75) is 26.9 Å². The largest absolute Gasteiger partial charge is 0.412 e. The van der Waals surface area contributed by atoms with Gasteiger partial charge in [-0.15, -0.1) is 0 Å². The van der Waals surface area contributed by atoms with Gasteiger partial charge in [0.05, 0.1) is 30.8 Å². The summed E-state index contributed by atoms with van der Waals surface area (Å²) in [5.41, 5.74) is 2.87. The summed E-state index contributed by atoms with van der Waals surface area (Å²) in [6, 6.07) is 10.8. The lowest BCUT2D eigenvalue weighted by Gasteiger charge is -2.28. The summed E-state index contributed by atoms with van der Waals surface area (Å²) in [6.07, 6.45) is 2.75. The highest BCUT2D eigenvalue weighted by atomic mass is 16.6. The van der Waals surface area contributed by atoms with Crippen molar-refractivity contribution in [1.29, 1.82) is 0 Å². The lowest BCUT2D eigenvalue weighted by molar-refractivity contribution is -0.123. The number of hydrogen-bond acceptors (Lipinski definition) is 6. The van der Waals surface area contributed by atoms with Gasteiger partial charge in [0, 0.05) is 25.4 Å². The van der Waals surface area contributed by atoms with E-state index in [4.69, 9.17) is 14.2 Å². The summed E-state index contributed by atoms with van der Waals surface area (Å²) in [6.45, 7) is 6.43. The Morgan fingerprint density at radius 1 is 1.18 bits per heavy atom. The van der Waals surface area contributed by atoms with Gasteiger partial charge in [0.25, 0.3) is 0 Å². The van der Waals surface area contributed by atoms with Crippen LogP contribution in [-0.2, 0) is 14.3 Å². The quantitative estimate of drug-likeness (QED) is 0.538.